The number of rotatable bonds is 9. The molecule has 1 aromatic carbocycles. The van der Waals surface area contributed by atoms with Gasteiger partial charge in [-0.3, -0.25) is 4.21 Å². The van der Waals surface area contributed by atoms with E-state index in [1.165, 1.54) is 11.1 Å². The van der Waals surface area contributed by atoms with Gasteiger partial charge in [0.1, 0.15) is 0 Å². The van der Waals surface area contributed by atoms with E-state index in [4.69, 9.17) is 0 Å². The van der Waals surface area contributed by atoms with Gasteiger partial charge in [0.2, 0.25) is 0 Å². The zero-order valence-corrected chi connectivity index (χ0v) is 14.1. The monoisotopic (exact) mass is 295 g/mol. The highest BCUT2D eigenvalue weighted by Gasteiger charge is 2.15. The fourth-order valence-electron chi connectivity index (χ4n) is 2.08. The van der Waals surface area contributed by atoms with Gasteiger partial charge in [0.05, 0.1) is 0 Å². The molecule has 0 amide bonds. The molecule has 0 spiro atoms. The molecule has 3 atom stereocenters. The summed E-state index contributed by atoms with van der Waals surface area (Å²) in [6.07, 6.45) is 2.20. The number of hydrogen-bond acceptors (Lipinski definition) is 2. The van der Waals surface area contributed by atoms with Crippen molar-refractivity contribution in [3.63, 3.8) is 0 Å². The molecule has 114 valence electrons. The number of aryl methyl sites for hydroxylation is 1. The van der Waals surface area contributed by atoms with Crippen molar-refractivity contribution in [2.24, 2.45) is 5.92 Å². The summed E-state index contributed by atoms with van der Waals surface area (Å²) in [4.78, 5) is 0. The molecule has 20 heavy (non-hydrogen) atoms. The van der Waals surface area contributed by atoms with Crippen LogP contribution >= 0.6 is 0 Å². The highest BCUT2D eigenvalue weighted by molar-refractivity contribution is 7.85. The Hall–Kier alpha value is -0.670. The second-order valence-corrected chi connectivity index (χ2v) is 7.25. The Kier molecular flexibility index (Phi) is 8.08. The maximum atomic E-state index is 12.3. The van der Waals surface area contributed by atoms with Gasteiger partial charge in [0.15, 0.2) is 0 Å². The van der Waals surface area contributed by atoms with Gasteiger partial charge in [0.25, 0.3) is 0 Å². The maximum absolute atomic E-state index is 12.3. The summed E-state index contributed by atoms with van der Waals surface area (Å²) in [7, 11) is -0.752. The lowest BCUT2D eigenvalue weighted by Crippen LogP contribution is -2.28. The van der Waals surface area contributed by atoms with Crippen molar-refractivity contribution in [1.29, 1.82) is 0 Å². The predicted molar refractivity (Wildman–Crippen MR) is 89.5 cm³/mol. The quantitative estimate of drug-likeness (QED) is 0.750. The van der Waals surface area contributed by atoms with Gasteiger partial charge in [-0.25, -0.2) is 0 Å². The lowest BCUT2D eigenvalue weighted by molar-refractivity contribution is 0.564. The van der Waals surface area contributed by atoms with Crippen LogP contribution in [-0.4, -0.2) is 22.3 Å². The van der Waals surface area contributed by atoms with E-state index in [1.54, 1.807) is 0 Å². The van der Waals surface area contributed by atoms with Crippen LogP contribution in [0.5, 0.6) is 0 Å². The molecule has 1 aromatic rings. The Morgan fingerprint density at radius 3 is 2.35 bits per heavy atom. The average Bonchev–Trinajstić information content (AvgIpc) is 2.44. The Bertz CT molecular complexity index is 402. The maximum Gasteiger partial charge on any atom is 0.0436 e. The predicted octanol–water partition coefficient (Wildman–Crippen LogP) is 3.83. The first kappa shape index (κ1) is 17.4. The summed E-state index contributed by atoms with van der Waals surface area (Å²) in [6.45, 7) is 9.57. The van der Waals surface area contributed by atoms with Gasteiger partial charge >= 0.3 is 0 Å². The van der Waals surface area contributed by atoms with Gasteiger partial charge in [-0.2, -0.15) is 0 Å². The molecule has 0 aliphatic rings. The van der Waals surface area contributed by atoms with Crippen molar-refractivity contribution >= 4 is 10.8 Å². The van der Waals surface area contributed by atoms with Gasteiger partial charge in [-0.05, 0) is 31.4 Å². The van der Waals surface area contributed by atoms with Crippen LogP contribution in [0.4, 0.5) is 0 Å². The van der Waals surface area contributed by atoms with E-state index in [9.17, 15) is 4.21 Å². The molecule has 0 bridgehead atoms. The Balaban J connectivity index is 2.68. The minimum Gasteiger partial charge on any atom is -0.309 e. The van der Waals surface area contributed by atoms with Crippen LogP contribution in [0.25, 0.3) is 0 Å². The Morgan fingerprint density at radius 2 is 1.80 bits per heavy atom. The second-order valence-electron chi connectivity index (χ2n) is 5.70. The van der Waals surface area contributed by atoms with Crippen LogP contribution in [-0.2, 0) is 10.8 Å². The Morgan fingerprint density at radius 1 is 1.15 bits per heavy atom. The third-order valence-electron chi connectivity index (χ3n) is 3.64. The first-order chi connectivity index (χ1) is 9.56. The first-order valence-electron chi connectivity index (χ1n) is 7.71. The van der Waals surface area contributed by atoms with Crippen molar-refractivity contribution in [2.75, 3.05) is 18.1 Å². The molecule has 0 fully saturated rings. The van der Waals surface area contributed by atoms with Crippen molar-refractivity contribution in [3.8, 4) is 0 Å². The van der Waals surface area contributed by atoms with Gasteiger partial charge in [0, 0.05) is 28.3 Å². The van der Waals surface area contributed by atoms with Crippen molar-refractivity contribution in [3.05, 3.63) is 35.4 Å². The van der Waals surface area contributed by atoms with E-state index >= 15 is 0 Å². The molecular weight excluding hydrogens is 266 g/mol. The molecule has 1 rings (SSSR count). The van der Waals surface area contributed by atoms with Gasteiger partial charge < -0.3 is 5.32 Å². The molecule has 0 aromatic heterocycles. The lowest BCUT2D eigenvalue weighted by atomic mass is 10.1. The van der Waals surface area contributed by atoms with Crippen LogP contribution in [0.3, 0.4) is 0 Å². The van der Waals surface area contributed by atoms with Gasteiger partial charge in [-0.15, -0.1) is 0 Å². The number of benzene rings is 1. The molecule has 0 saturated carbocycles. The normalized spacial score (nSPS) is 15.8. The fraction of sp³-hybridized carbons (Fsp3) is 0.647. The van der Waals surface area contributed by atoms with Crippen molar-refractivity contribution in [1.82, 2.24) is 5.32 Å². The summed E-state index contributed by atoms with van der Waals surface area (Å²) >= 11 is 0. The van der Waals surface area contributed by atoms with Crippen molar-refractivity contribution < 1.29 is 4.21 Å². The smallest absolute Gasteiger partial charge is 0.0436 e. The van der Waals surface area contributed by atoms with Crippen LogP contribution in [0.1, 0.15) is 50.8 Å². The van der Waals surface area contributed by atoms with E-state index in [1.807, 2.05) is 0 Å². The third kappa shape index (κ3) is 6.19. The van der Waals surface area contributed by atoms with Crippen LogP contribution in [0.15, 0.2) is 24.3 Å². The molecule has 0 radical (unpaired) electrons. The molecule has 0 aliphatic heterocycles. The van der Waals surface area contributed by atoms with E-state index < -0.39 is 10.8 Å². The van der Waals surface area contributed by atoms with E-state index in [-0.39, 0.29) is 6.04 Å². The minimum atomic E-state index is -0.752. The molecule has 3 heteroatoms. The topological polar surface area (TPSA) is 29.1 Å². The molecular formula is C17H29NOS. The highest BCUT2D eigenvalue weighted by atomic mass is 32.2. The molecule has 0 aliphatic carbocycles. The van der Waals surface area contributed by atoms with Crippen LogP contribution in [0, 0.1) is 12.8 Å². The summed E-state index contributed by atoms with van der Waals surface area (Å²) < 4.78 is 12.3. The summed E-state index contributed by atoms with van der Waals surface area (Å²) in [5, 5.41) is 3.53. The van der Waals surface area contributed by atoms with Crippen LogP contribution < -0.4 is 5.32 Å². The van der Waals surface area contributed by atoms with Crippen LogP contribution in [0.2, 0.25) is 0 Å². The standard InChI is InChI=1S/C17H29NOS/c1-5-11-18-17(13-20(19)12-14(3)6-2)16-9-7-15(4)8-10-16/h7-10,14,17-18H,5-6,11-13H2,1-4H3. The molecule has 3 unspecified atom stereocenters. The molecule has 1 N–H and O–H groups in total. The zero-order chi connectivity index (χ0) is 15.0. The third-order valence-corrected chi connectivity index (χ3v) is 5.29. The Labute approximate surface area is 126 Å². The average molecular weight is 295 g/mol. The van der Waals surface area contributed by atoms with E-state index in [0.717, 1.165) is 25.1 Å². The summed E-state index contributed by atoms with van der Waals surface area (Å²) in [6, 6.07) is 8.79. The SMILES string of the molecule is CCCNC(CS(=O)CC(C)CC)c1ccc(C)cc1. The highest BCUT2D eigenvalue weighted by Crippen LogP contribution is 2.16. The van der Waals surface area contributed by atoms with Gasteiger partial charge in [-0.1, -0.05) is 57.0 Å². The van der Waals surface area contributed by atoms with E-state index in [2.05, 4.69) is 57.3 Å². The molecule has 0 saturated heterocycles. The first-order valence-corrected chi connectivity index (χ1v) is 9.20. The molecule has 2 nitrogen and oxygen atoms in total. The summed E-state index contributed by atoms with van der Waals surface area (Å²) in [5.41, 5.74) is 2.52. The van der Waals surface area contributed by atoms with E-state index in [0.29, 0.717) is 11.7 Å². The molecule has 0 heterocycles. The zero-order valence-electron chi connectivity index (χ0n) is 13.3. The number of nitrogens with one attached hydrogen (secondary N) is 1. The second kappa shape index (κ2) is 9.30. The fourth-order valence-corrected chi connectivity index (χ4v) is 3.77. The summed E-state index contributed by atoms with van der Waals surface area (Å²) in [5.74, 6) is 2.07. The number of hydrogen-bond donors (Lipinski definition) is 1. The minimum absolute atomic E-state index is 0.209. The lowest BCUT2D eigenvalue weighted by Gasteiger charge is -2.20. The van der Waals surface area contributed by atoms with Crippen molar-refractivity contribution in [2.45, 2.75) is 46.6 Å². The largest absolute Gasteiger partial charge is 0.309 e.